The van der Waals surface area contributed by atoms with Crippen molar-refractivity contribution in [2.24, 2.45) is 0 Å². The van der Waals surface area contributed by atoms with E-state index in [-0.39, 0.29) is 12.6 Å². The first-order chi connectivity index (χ1) is 6.76. The summed E-state index contributed by atoms with van der Waals surface area (Å²) in [5.74, 6) is 0.702. The second-order valence-corrected chi connectivity index (χ2v) is 3.02. The Morgan fingerprint density at radius 2 is 2.36 bits per heavy atom. The first kappa shape index (κ1) is 10.9. The summed E-state index contributed by atoms with van der Waals surface area (Å²) < 4.78 is 4.93. The zero-order valence-corrected chi connectivity index (χ0v) is 8.40. The van der Waals surface area contributed by atoms with Gasteiger partial charge in [-0.05, 0) is 6.92 Å². The summed E-state index contributed by atoms with van der Waals surface area (Å²) in [5, 5.41) is 12.0. The zero-order valence-electron chi connectivity index (χ0n) is 8.40. The van der Waals surface area contributed by atoms with Gasteiger partial charge >= 0.3 is 0 Å². The number of nitrogens with one attached hydrogen (secondary N) is 1. The first-order valence-electron chi connectivity index (χ1n) is 4.41. The van der Waals surface area contributed by atoms with Crippen molar-refractivity contribution >= 4 is 5.82 Å². The number of aliphatic hydroxyl groups is 1. The highest BCUT2D eigenvalue weighted by molar-refractivity contribution is 5.35. The molecule has 1 aromatic rings. The van der Waals surface area contributed by atoms with Crippen molar-refractivity contribution < 1.29 is 9.84 Å². The molecule has 1 rings (SSSR count). The fraction of sp³-hybridized carbons (Fsp3) is 0.556. The van der Waals surface area contributed by atoms with E-state index in [2.05, 4.69) is 15.3 Å². The molecule has 1 atom stereocenters. The molecule has 0 aliphatic rings. The second-order valence-electron chi connectivity index (χ2n) is 3.02. The van der Waals surface area contributed by atoms with E-state index in [9.17, 15) is 0 Å². The summed E-state index contributed by atoms with van der Waals surface area (Å²) in [6, 6.07) is 1.69. The molecule has 0 spiro atoms. The van der Waals surface area contributed by atoms with Crippen LogP contribution in [0.2, 0.25) is 0 Å². The summed E-state index contributed by atoms with van der Waals surface area (Å²) in [6.07, 6.45) is 1.49. The van der Waals surface area contributed by atoms with Crippen molar-refractivity contribution in [3.63, 3.8) is 0 Å². The molecule has 1 heterocycles. The lowest BCUT2D eigenvalue weighted by molar-refractivity contribution is 0.153. The van der Waals surface area contributed by atoms with Crippen molar-refractivity contribution in [3.05, 3.63) is 18.1 Å². The van der Waals surface area contributed by atoms with Crippen molar-refractivity contribution in [2.75, 3.05) is 25.6 Å². The number of methoxy groups -OCH3 is 1. The van der Waals surface area contributed by atoms with Gasteiger partial charge in [0.25, 0.3) is 0 Å². The highest BCUT2D eigenvalue weighted by Crippen LogP contribution is 2.04. The number of aryl methyl sites for hydroxylation is 1. The third kappa shape index (κ3) is 3.27. The van der Waals surface area contributed by atoms with Crippen LogP contribution in [-0.4, -0.2) is 41.4 Å². The van der Waals surface area contributed by atoms with Gasteiger partial charge in [0.1, 0.15) is 12.1 Å². The number of anilines is 1. The first-order valence-corrected chi connectivity index (χ1v) is 4.41. The molecule has 0 bridgehead atoms. The highest BCUT2D eigenvalue weighted by Gasteiger charge is 2.06. The van der Waals surface area contributed by atoms with Gasteiger partial charge in [0.2, 0.25) is 0 Å². The van der Waals surface area contributed by atoms with Crippen LogP contribution in [0.4, 0.5) is 5.82 Å². The molecule has 0 amide bonds. The van der Waals surface area contributed by atoms with E-state index in [1.54, 1.807) is 7.11 Å². The largest absolute Gasteiger partial charge is 0.394 e. The summed E-state index contributed by atoms with van der Waals surface area (Å²) in [6.45, 7) is 2.34. The van der Waals surface area contributed by atoms with Gasteiger partial charge in [-0.1, -0.05) is 0 Å². The van der Waals surface area contributed by atoms with Crippen LogP contribution >= 0.6 is 0 Å². The highest BCUT2D eigenvalue weighted by atomic mass is 16.5. The number of ether oxygens (including phenoxy) is 1. The zero-order chi connectivity index (χ0) is 10.4. The third-order valence-corrected chi connectivity index (χ3v) is 1.74. The number of aromatic nitrogens is 2. The molecule has 0 saturated carbocycles. The van der Waals surface area contributed by atoms with Gasteiger partial charge in [0, 0.05) is 18.9 Å². The lowest BCUT2D eigenvalue weighted by Crippen LogP contribution is -2.29. The smallest absolute Gasteiger partial charge is 0.129 e. The lowest BCUT2D eigenvalue weighted by atomic mass is 10.3. The van der Waals surface area contributed by atoms with E-state index >= 15 is 0 Å². The number of aliphatic hydroxyl groups excluding tert-OH is 1. The quantitative estimate of drug-likeness (QED) is 0.706. The minimum Gasteiger partial charge on any atom is -0.394 e. The average molecular weight is 197 g/mol. The van der Waals surface area contributed by atoms with E-state index in [1.807, 2.05) is 13.0 Å². The maximum Gasteiger partial charge on any atom is 0.129 e. The Morgan fingerprint density at radius 3 is 2.93 bits per heavy atom. The van der Waals surface area contributed by atoms with E-state index in [0.29, 0.717) is 12.4 Å². The molecule has 0 aliphatic heterocycles. The SMILES string of the molecule is COCC(CO)Nc1cc(C)ncn1. The molecule has 1 unspecified atom stereocenters. The molecular weight excluding hydrogens is 182 g/mol. The Hall–Kier alpha value is -1.20. The molecule has 0 aromatic carbocycles. The van der Waals surface area contributed by atoms with Crippen LogP contribution < -0.4 is 5.32 Å². The Kier molecular flexibility index (Phi) is 4.28. The maximum atomic E-state index is 9.00. The molecule has 1 aromatic heterocycles. The van der Waals surface area contributed by atoms with Crippen LogP contribution in [0.1, 0.15) is 5.69 Å². The lowest BCUT2D eigenvalue weighted by Gasteiger charge is -2.15. The van der Waals surface area contributed by atoms with Crippen LogP contribution in [0.25, 0.3) is 0 Å². The maximum absolute atomic E-state index is 9.00. The van der Waals surface area contributed by atoms with Gasteiger partial charge in [0.15, 0.2) is 0 Å². The predicted octanol–water partition coefficient (Wildman–Crippen LogP) is 0.204. The minimum atomic E-state index is -0.130. The van der Waals surface area contributed by atoms with Crippen LogP contribution in [0.5, 0.6) is 0 Å². The molecule has 5 heteroatoms. The average Bonchev–Trinajstić information content (AvgIpc) is 2.17. The Bertz CT molecular complexity index is 281. The van der Waals surface area contributed by atoms with Gasteiger partial charge in [-0.2, -0.15) is 0 Å². The van der Waals surface area contributed by atoms with Crippen molar-refractivity contribution in [1.29, 1.82) is 0 Å². The van der Waals surface area contributed by atoms with Crippen LogP contribution in [0, 0.1) is 6.92 Å². The van der Waals surface area contributed by atoms with Gasteiger partial charge in [-0.3, -0.25) is 0 Å². The van der Waals surface area contributed by atoms with Gasteiger partial charge < -0.3 is 15.2 Å². The normalized spacial score (nSPS) is 12.5. The molecule has 0 radical (unpaired) electrons. The van der Waals surface area contributed by atoms with E-state index < -0.39 is 0 Å². The molecule has 2 N–H and O–H groups in total. The number of hydrogen-bond acceptors (Lipinski definition) is 5. The molecule has 78 valence electrons. The molecule has 0 fully saturated rings. The van der Waals surface area contributed by atoms with Crippen molar-refractivity contribution in [2.45, 2.75) is 13.0 Å². The summed E-state index contributed by atoms with van der Waals surface area (Å²) >= 11 is 0. The Balaban J connectivity index is 2.57. The molecule has 0 aliphatic carbocycles. The van der Waals surface area contributed by atoms with Crippen molar-refractivity contribution in [3.8, 4) is 0 Å². The molecule has 14 heavy (non-hydrogen) atoms. The van der Waals surface area contributed by atoms with Gasteiger partial charge in [-0.15, -0.1) is 0 Å². The summed E-state index contributed by atoms with van der Waals surface area (Å²) in [5.41, 5.74) is 0.886. The van der Waals surface area contributed by atoms with Gasteiger partial charge in [-0.25, -0.2) is 9.97 Å². The van der Waals surface area contributed by atoms with Crippen molar-refractivity contribution in [1.82, 2.24) is 9.97 Å². The molecule has 5 nitrogen and oxygen atoms in total. The summed E-state index contributed by atoms with van der Waals surface area (Å²) in [7, 11) is 1.59. The fourth-order valence-electron chi connectivity index (χ4n) is 1.08. The number of nitrogens with zero attached hydrogens (tertiary/aromatic N) is 2. The topological polar surface area (TPSA) is 67.3 Å². The molecular formula is C9H15N3O2. The standard InChI is InChI=1S/C9H15N3O2/c1-7-3-9(11-6-10-7)12-8(4-13)5-14-2/h3,6,8,13H,4-5H2,1-2H3,(H,10,11,12). The van der Waals surface area contributed by atoms with Crippen LogP contribution in [0.3, 0.4) is 0 Å². The number of rotatable bonds is 5. The monoisotopic (exact) mass is 197 g/mol. The fourth-order valence-corrected chi connectivity index (χ4v) is 1.08. The Morgan fingerprint density at radius 1 is 1.57 bits per heavy atom. The summed E-state index contributed by atoms with van der Waals surface area (Å²) in [4.78, 5) is 7.99. The molecule has 0 saturated heterocycles. The number of hydrogen-bond donors (Lipinski definition) is 2. The minimum absolute atomic E-state index is 0.0108. The van der Waals surface area contributed by atoms with E-state index in [4.69, 9.17) is 9.84 Å². The predicted molar refractivity (Wildman–Crippen MR) is 53.1 cm³/mol. The van der Waals surface area contributed by atoms with Crippen LogP contribution in [-0.2, 0) is 4.74 Å². The van der Waals surface area contributed by atoms with E-state index in [0.717, 1.165) is 5.69 Å². The Labute approximate surface area is 83.2 Å². The third-order valence-electron chi connectivity index (χ3n) is 1.74. The van der Waals surface area contributed by atoms with Crippen LogP contribution in [0.15, 0.2) is 12.4 Å². The van der Waals surface area contributed by atoms with E-state index in [1.165, 1.54) is 6.33 Å². The second kappa shape index (κ2) is 5.51. The van der Waals surface area contributed by atoms with Gasteiger partial charge in [0.05, 0.1) is 19.3 Å².